The van der Waals surface area contributed by atoms with Crippen molar-refractivity contribution in [1.82, 2.24) is 5.43 Å². The lowest BCUT2D eigenvalue weighted by Crippen LogP contribution is -2.17. The first kappa shape index (κ1) is 24.3. The molecule has 2 rings (SSSR count). The maximum atomic E-state index is 12.4. The highest BCUT2D eigenvalue weighted by Gasteiger charge is 2.13. The Morgan fingerprint density at radius 1 is 1.00 bits per heavy atom. The second kappa shape index (κ2) is 12.7. The van der Waals surface area contributed by atoms with Crippen molar-refractivity contribution in [2.24, 2.45) is 5.10 Å². The van der Waals surface area contributed by atoms with Crippen LogP contribution >= 0.6 is 11.6 Å². The summed E-state index contributed by atoms with van der Waals surface area (Å²) in [6, 6.07) is 8.44. The number of benzene rings is 2. The minimum absolute atomic E-state index is 0.379. The minimum Gasteiger partial charge on any atom is -0.493 e. The number of hydrazone groups is 1. The van der Waals surface area contributed by atoms with E-state index in [-0.39, 0.29) is 5.91 Å². The lowest BCUT2D eigenvalue weighted by molar-refractivity contribution is 0.0954. The quantitative estimate of drug-likeness (QED) is 0.361. The van der Waals surface area contributed by atoms with Gasteiger partial charge in [0.25, 0.3) is 5.91 Å². The number of nitrogens with zero attached hydrogens (tertiary/aromatic N) is 1. The summed E-state index contributed by atoms with van der Waals surface area (Å²) < 4.78 is 22.2. The Morgan fingerprint density at radius 3 is 2.42 bits per heavy atom. The van der Waals surface area contributed by atoms with Gasteiger partial charge >= 0.3 is 0 Å². The number of ether oxygens (including phenoxy) is 4. The molecule has 0 aliphatic rings. The summed E-state index contributed by atoms with van der Waals surface area (Å²) >= 11 is 6.35. The Hall–Kier alpha value is -2.93. The maximum absolute atomic E-state index is 12.4. The molecular weight excluding hydrogens is 420 g/mol. The van der Waals surface area contributed by atoms with Gasteiger partial charge in [-0.1, -0.05) is 25.4 Å². The predicted molar refractivity (Wildman–Crippen MR) is 122 cm³/mol. The molecular formula is C23H29ClN2O5. The number of carbonyl (C=O) groups excluding carboxylic acids is 1. The number of hydrogen-bond donors (Lipinski definition) is 1. The number of hydrogen-bond acceptors (Lipinski definition) is 6. The van der Waals surface area contributed by atoms with Crippen LogP contribution in [0.25, 0.3) is 0 Å². The van der Waals surface area contributed by atoms with E-state index in [9.17, 15) is 4.79 Å². The first-order chi connectivity index (χ1) is 15.0. The van der Waals surface area contributed by atoms with Crippen LogP contribution < -0.4 is 24.4 Å². The monoisotopic (exact) mass is 448 g/mol. The molecule has 0 unspecified atom stereocenters. The summed E-state index contributed by atoms with van der Waals surface area (Å²) in [5.41, 5.74) is 3.56. The lowest BCUT2D eigenvalue weighted by atomic mass is 10.2. The van der Waals surface area contributed by atoms with Crippen LogP contribution in [0.5, 0.6) is 23.0 Å². The average Bonchev–Trinajstić information content (AvgIpc) is 2.77. The Kier molecular flexibility index (Phi) is 9.97. The van der Waals surface area contributed by atoms with Crippen LogP contribution in [-0.2, 0) is 0 Å². The summed E-state index contributed by atoms with van der Waals surface area (Å²) in [7, 11) is 1.53. The number of rotatable bonds is 12. The molecule has 0 saturated carbocycles. The Labute approximate surface area is 188 Å². The van der Waals surface area contributed by atoms with Gasteiger partial charge in [0.05, 0.1) is 38.2 Å². The van der Waals surface area contributed by atoms with Gasteiger partial charge in [0.2, 0.25) is 0 Å². The van der Waals surface area contributed by atoms with E-state index in [1.807, 2.05) is 20.8 Å². The van der Waals surface area contributed by atoms with Crippen LogP contribution in [-0.4, -0.2) is 39.1 Å². The fourth-order valence-electron chi connectivity index (χ4n) is 2.64. The van der Waals surface area contributed by atoms with Gasteiger partial charge in [-0.2, -0.15) is 5.10 Å². The van der Waals surface area contributed by atoms with E-state index in [1.54, 1.807) is 30.3 Å². The van der Waals surface area contributed by atoms with E-state index in [1.165, 1.54) is 13.3 Å². The Bertz CT molecular complexity index is 902. The van der Waals surface area contributed by atoms with Gasteiger partial charge < -0.3 is 18.9 Å². The molecule has 0 atom stereocenters. The third kappa shape index (κ3) is 7.07. The Morgan fingerprint density at radius 2 is 1.74 bits per heavy atom. The number of carbonyl (C=O) groups is 1. The van der Waals surface area contributed by atoms with Gasteiger partial charge in [0.1, 0.15) is 0 Å². The van der Waals surface area contributed by atoms with Crippen molar-refractivity contribution in [3.8, 4) is 23.0 Å². The number of nitrogens with one attached hydrogen (secondary N) is 1. The zero-order valence-corrected chi connectivity index (χ0v) is 19.1. The topological polar surface area (TPSA) is 78.4 Å². The molecule has 168 valence electrons. The molecule has 7 nitrogen and oxygen atoms in total. The normalized spacial score (nSPS) is 10.7. The van der Waals surface area contributed by atoms with Crippen molar-refractivity contribution >= 4 is 23.7 Å². The second-order valence-corrected chi connectivity index (χ2v) is 6.93. The minimum atomic E-state index is -0.379. The van der Waals surface area contributed by atoms with E-state index >= 15 is 0 Å². The van der Waals surface area contributed by atoms with Gasteiger partial charge in [0, 0.05) is 5.56 Å². The molecule has 0 radical (unpaired) electrons. The van der Waals surface area contributed by atoms with E-state index in [2.05, 4.69) is 10.5 Å². The molecule has 31 heavy (non-hydrogen) atoms. The highest BCUT2D eigenvalue weighted by molar-refractivity contribution is 6.32. The van der Waals surface area contributed by atoms with Crippen LogP contribution in [0, 0.1) is 0 Å². The van der Waals surface area contributed by atoms with Gasteiger partial charge in [-0.25, -0.2) is 5.43 Å². The zero-order valence-electron chi connectivity index (χ0n) is 18.4. The summed E-state index contributed by atoms with van der Waals surface area (Å²) in [6.45, 7) is 7.49. The second-order valence-electron chi connectivity index (χ2n) is 6.52. The lowest BCUT2D eigenvalue weighted by Gasteiger charge is -2.13. The summed E-state index contributed by atoms with van der Waals surface area (Å²) in [6.07, 6.45) is 3.22. The van der Waals surface area contributed by atoms with Crippen LogP contribution in [0.1, 0.15) is 49.5 Å². The van der Waals surface area contributed by atoms with Crippen molar-refractivity contribution in [2.75, 3.05) is 26.9 Å². The molecule has 1 N–H and O–H groups in total. The number of halogens is 1. The number of methoxy groups -OCH3 is 1. The third-order valence-corrected chi connectivity index (χ3v) is 4.33. The first-order valence-corrected chi connectivity index (χ1v) is 10.6. The first-order valence-electron chi connectivity index (χ1n) is 10.3. The molecule has 0 heterocycles. The summed E-state index contributed by atoms with van der Waals surface area (Å²) in [5.74, 6) is 1.73. The molecule has 0 bridgehead atoms. The molecule has 0 saturated heterocycles. The van der Waals surface area contributed by atoms with Crippen LogP contribution in [0.4, 0.5) is 0 Å². The van der Waals surface area contributed by atoms with Gasteiger partial charge in [-0.05, 0) is 55.7 Å². The van der Waals surface area contributed by atoms with Crippen molar-refractivity contribution in [1.29, 1.82) is 0 Å². The van der Waals surface area contributed by atoms with Crippen molar-refractivity contribution in [2.45, 2.75) is 33.6 Å². The predicted octanol–water partition coefficient (Wildman–Crippen LogP) is 5.09. The zero-order chi connectivity index (χ0) is 22.6. The van der Waals surface area contributed by atoms with E-state index in [4.69, 9.17) is 30.5 Å². The van der Waals surface area contributed by atoms with E-state index in [0.29, 0.717) is 59.0 Å². The smallest absolute Gasteiger partial charge is 0.271 e. The Balaban J connectivity index is 2.11. The number of amides is 1. The van der Waals surface area contributed by atoms with Gasteiger partial charge in [0.15, 0.2) is 23.0 Å². The van der Waals surface area contributed by atoms with Crippen LogP contribution in [0.15, 0.2) is 35.4 Å². The fraction of sp³-hybridized carbons (Fsp3) is 0.391. The fourth-order valence-corrected chi connectivity index (χ4v) is 2.91. The molecule has 2 aromatic rings. The summed E-state index contributed by atoms with van der Waals surface area (Å²) in [5, 5.41) is 4.44. The van der Waals surface area contributed by atoms with E-state index in [0.717, 1.165) is 12.8 Å². The van der Waals surface area contributed by atoms with Gasteiger partial charge in [-0.3, -0.25) is 4.79 Å². The highest BCUT2D eigenvalue weighted by atomic mass is 35.5. The standard InChI is InChI=1S/C23H29ClN2O5/c1-5-10-30-19-9-8-17(14-20(19)28-4)23(27)26-25-15-16-12-18(24)22(31-11-6-2)21(13-16)29-7-3/h8-9,12-15H,5-7,10-11H2,1-4H3,(H,26,27)/b25-15+. The average molecular weight is 449 g/mol. The maximum Gasteiger partial charge on any atom is 0.271 e. The summed E-state index contributed by atoms with van der Waals surface area (Å²) in [4.78, 5) is 12.4. The molecule has 0 aliphatic heterocycles. The van der Waals surface area contributed by atoms with Crippen molar-refractivity contribution in [3.05, 3.63) is 46.5 Å². The van der Waals surface area contributed by atoms with E-state index < -0.39 is 0 Å². The van der Waals surface area contributed by atoms with Gasteiger partial charge in [-0.15, -0.1) is 0 Å². The molecule has 0 spiro atoms. The molecule has 2 aromatic carbocycles. The molecule has 1 amide bonds. The van der Waals surface area contributed by atoms with Crippen LogP contribution in [0.3, 0.4) is 0 Å². The molecule has 0 aliphatic carbocycles. The highest BCUT2D eigenvalue weighted by Crippen LogP contribution is 2.36. The SMILES string of the molecule is CCCOc1ccc(C(=O)N/N=C/c2cc(Cl)c(OCCC)c(OCC)c2)cc1OC. The van der Waals surface area contributed by atoms with Crippen molar-refractivity contribution < 1.29 is 23.7 Å². The molecule has 0 fully saturated rings. The van der Waals surface area contributed by atoms with Crippen molar-refractivity contribution in [3.63, 3.8) is 0 Å². The largest absolute Gasteiger partial charge is 0.493 e. The molecule has 8 heteroatoms. The third-order valence-electron chi connectivity index (χ3n) is 4.05. The van der Waals surface area contributed by atoms with Crippen LogP contribution in [0.2, 0.25) is 5.02 Å². The molecule has 0 aromatic heterocycles.